The van der Waals surface area contributed by atoms with Crippen molar-refractivity contribution in [3.63, 3.8) is 0 Å². The SMILES string of the molecule is O=c1c2cccc(S(=O)(=O)Cl)c2ccn1CC(F)F. The van der Waals surface area contributed by atoms with Gasteiger partial charge in [-0.2, -0.15) is 0 Å². The van der Waals surface area contributed by atoms with E-state index >= 15 is 0 Å². The minimum Gasteiger partial charge on any atom is -0.309 e. The van der Waals surface area contributed by atoms with Gasteiger partial charge in [-0.1, -0.05) is 6.07 Å². The van der Waals surface area contributed by atoms with Crippen LogP contribution in [0.15, 0.2) is 40.2 Å². The fourth-order valence-electron chi connectivity index (χ4n) is 1.79. The number of hydrogen-bond donors (Lipinski definition) is 0. The lowest BCUT2D eigenvalue weighted by Crippen LogP contribution is -2.23. The summed E-state index contributed by atoms with van der Waals surface area (Å²) in [6, 6.07) is 5.24. The molecule has 1 aromatic carbocycles. The van der Waals surface area contributed by atoms with Gasteiger partial charge in [-0.25, -0.2) is 17.2 Å². The van der Waals surface area contributed by atoms with Gasteiger partial charge in [0.2, 0.25) is 0 Å². The fourth-order valence-corrected chi connectivity index (χ4v) is 2.88. The normalized spacial score (nSPS) is 12.2. The zero-order valence-corrected chi connectivity index (χ0v) is 11.0. The Labute approximate surface area is 111 Å². The Balaban J connectivity index is 2.77. The van der Waals surface area contributed by atoms with E-state index in [4.69, 9.17) is 10.7 Å². The predicted molar refractivity (Wildman–Crippen MR) is 67.3 cm³/mol. The Morgan fingerprint density at radius 2 is 1.89 bits per heavy atom. The molecule has 0 aliphatic heterocycles. The topological polar surface area (TPSA) is 56.1 Å². The van der Waals surface area contributed by atoms with Crippen LogP contribution in [0.2, 0.25) is 0 Å². The molecule has 0 spiro atoms. The highest BCUT2D eigenvalue weighted by Crippen LogP contribution is 2.23. The van der Waals surface area contributed by atoms with Gasteiger partial charge in [0.05, 0.1) is 11.4 Å². The monoisotopic (exact) mass is 307 g/mol. The van der Waals surface area contributed by atoms with E-state index in [1.165, 1.54) is 24.3 Å². The van der Waals surface area contributed by atoms with E-state index in [0.29, 0.717) is 0 Å². The molecule has 19 heavy (non-hydrogen) atoms. The maximum absolute atomic E-state index is 12.3. The molecule has 0 bridgehead atoms. The lowest BCUT2D eigenvalue weighted by molar-refractivity contribution is 0.125. The van der Waals surface area contributed by atoms with Crippen LogP contribution in [0, 0.1) is 0 Å². The zero-order valence-electron chi connectivity index (χ0n) is 9.39. The van der Waals surface area contributed by atoms with Crippen molar-refractivity contribution in [2.75, 3.05) is 0 Å². The van der Waals surface area contributed by atoms with Gasteiger partial charge in [0.1, 0.15) is 0 Å². The number of rotatable bonds is 3. The number of pyridine rings is 1. The summed E-state index contributed by atoms with van der Waals surface area (Å²) in [6.45, 7) is -0.743. The van der Waals surface area contributed by atoms with Crippen LogP contribution in [0.5, 0.6) is 0 Å². The zero-order chi connectivity index (χ0) is 14.2. The first-order valence-electron chi connectivity index (χ1n) is 5.15. The molecule has 0 fully saturated rings. The quantitative estimate of drug-likeness (QED) is 0.817. The summed E-state index contributed by atoms with van der Waals surface area (Å²) in [4.78, 5) is 11.7. The van der Waals surface area contributed by atoms with Gasteiger partial charge in [0.15, 0.2) is 0 Å². The van der Waals surface area contributed by atoms with Gasteiger partial charge >= 0.3 is 0 Å². The third kappa shape index (κ3) is 2.76. The number of benzene rings is 1. The van der Waals surface area contributed by atoms with Crippen LogP contribution in [0.25, 0.3) is 10.8 Å². The lowest BCUT2D eigenvalue weighted by Gasteiger charge is -2.08. The summed E-state index contributed by atoms with van der Waals surface area (Å²) in [5.74, 6) is 0. The Bertz CT molecular complexity index is 786. The van der Waals surface area contributed by atoms with E-state index in [1.807, 2.05) is 0 Å². The maximum Gasteiger partial charge on any atom is 0.261 e. The van der Waals surface area contributed by atoms with Gasteiger partial charge in [0, 0.05) is 27.7 Å². The highest BCUT2D eigenvalue weighted by molar-refractivity contribution is 8.14. The van der Waals surface area contributed by atoms with Gasteiger partial charge in [-0.15, -0.1) is 0 Å². The molecule has 0 unspecified atom stereocenters. The first kappa shape index (κ1) is 14.0. The highest BCUT2D eigenvalue weighted by Gasteiger charge is 2.16. The molecule has 102 valence electrons. The number of nitrogens with zero attached hydrogens (tertiary/aromatic N) is 1. The molecule has 0 amide bonds. The maximum atomic E-state index is 12.3. The molecule has 1 heterocycles. The fraction of sp³-hybridized carbons (Fsp3) is 0.182. The van der Waals surface area contributed by atoms with E-state index in [1.54, 1.807) is 0 Å². The minimum atomic E-state index is -4.01. The van der Waals surface area contributed by atoms with E-state index < -0.39 is 27.6 Å². The van der Waals surface area contributed by atoms with E-state index in [9.17, 15) is 22.0 Å². The molecule has 0 atom stereocenters. The first-order valence-corrected chi connectivity index (χ1v) is 7.46. The van der Waals surface area contributed by atoms with Gasteiger partial charge in [-0.05, 0) is 18.2 Å². The van der Waals surface area contributed by atoms with Gasteiger partial charge in [-0.3, -0.25) is 4.79 Å². The Morgan fingerprint density at radius 1 is 1.21 bits per heavy atom. The highest BCUT2D eigenvalue weighted by atomic mass is 35.7. The van der Waals surface area contributed by atoms with Crippen LogP contribution in [-0.2, 0) is 15.6 Å². The van der Waals surface area contributed by atoms with E-state index in [-0.39, 0.29) is 15.7 Å². The molecule has 2 aromatic rings. The molecule has 0 N–H and O–H groups in total. The second-order valence-electron chi connectivity index (χ2n) is 3.82. The largest absolute Gasteiger partial charge is 0.309 e. The number of fused-ring (bicyclic) bond motifs is 1. The molecule has 0 saturated heterocycles. The van der Waals surface area contributed by atoms with Crippen molar-refractivity contribution in [2.45, 2.75) is 17.9 Å². The van der Waals surface area contributed by atoms with Crippen LogP contribution in [0.3, 0.4) is 0 Å². The molecule has 0 aliphatic carbocycles. The summed E-state index contributed by atoms with van der Waals surface area (Å²) < 4.78 is 48.1. The number of alkyl halides is 2. The van der Waals surface area contributed by atoms with Gasteiger partial charge < -0.3 is 4.57 Å². The third-order valence-electron chi connectivity index (χ3n) is 2.58. The van der Waals surface area contributed by atoms with Crippen LogP contribution < -0.4 is 5.56 Å². The average molecular weight is 308 g/mol. The molecular formula is C11H8ClF2NO3S. The smallest absolute Gasteiger partial charge is 0.261 e. The Morgan fingerprint density at radius 3 is 2.47 bits per heavy atom. The third-order valence-corrected chi connectivity index (χ3v) is 3.96. The Hall–Kier alpha value is -1.47. The summed E-state index contributed by atoms with van der Waals surface area (Å²) in [7, 11) is 1.25. The minimum absolute atomic E-state index is 0.0323. The summed E-state index contributed by atoms with van der Waals surface area (Å²) in [6.07, 6.45) is -1.54. The Kier molecular flexibility index (Phi) is 3.60. The second-order valence-corrected chi connectivity index (χ2v) is 6.35. The molecule has 2 rings (SSSR count). The molecule has 4 nitrogen and oxygen atoms in total. The number of halogens is 3. The van der Waals surface area contributed by atoms with E-state index in [0.717, 1.165) is 10.8 Å². The van der Waals surface area contributed by atoms with Crippen LogP contribution in [0.4, 0.5) is 8.78 Å². The van der Waals surface area contributed by atoms with Crippen LogP contribution in [-0.4, -0.2) is 19.4 Å². The lowest BCUT2D eigenvalue weighted by atomic mass is 10.2. The predicted octanol–water partition coefficient (Wildman–Crippen LogP) is 2.19. The van der Waals surface area contributed by atoms with Crippen molar-refractivity contribution in [1.82, 2.24) is 4.57 Å². The molecule has 0 aliphatic rings. The summed E-state index contributed by atoms with van der Waals surface area (Å²) >= 11 is 0. The second kappa shape index (κ2) is 4.90. The molecular weight excluding hydrogens is 300 g/mol. The van der Waals surface area contributed by atoms with Crippen molar-refractivity contribution in [3.05, 3.63) is 40.8 Å². The molecule has 0 saturated carbocycles. The van der Waals surface area contributed by atoms with Crippen molar-refractivity contribution in [3.8, 4) is 0 Å². The molecule has 0 radical (unpaired) electrons. The van der Waals surface area contributed by atoms with E-state index in [2.05, 4.69) is 0 Å². The summed E-state index contributed by atoms with van der Waals surface area (Å²) in [5.41, 5.74) is -0.681. The molecule has 1 aromatic heterocycles. The standard InChI is InChI=1S/C11H8ClF2NO3S/c12-19(17,18)9-3-1-2-8-7(9)4-5-15(11(8)16)6-10(13)14/h1-5,10H,6H2. The molecule has 8 heteroatoms. The average Bonchev–Trinajstić information content (AvgIpc) is 2.30. The van der Waals surface area contributed by atoms with Crippen molar-refractivity contribution in [2.24, 2.45) is 0 Å². The van der Waals surface area contributed by atoms with Crippen molar-refractivity contribution in [1.29, 1.82) is 0 Å². The first-order chi connectivity index (χ1) is 8.80. The van der Waals surface area contributed by atoms with Crippen molar-refractivity contribution < 1.29 is 17.2 Å². The summed E-state index contributed by atoms with van der Waals surface area (Å²) in [5, 5.41) is 0.151. The van der Waals surface area contributed by atoms with Crippen molar-refractivity contribution >= 4 is 30.5 Å². The van der Waals surface area contributed by atoms with Gasteiger partial charge in [0.25, 0.3) is 21.0 Å². The number of hydrogen-bond acceptors (Lipinski definition) is 3. The number of aromatic nitrogens is 1. The van der Waals surface area contributed by atoms with Crippen LogP contribution in [0.1, 0.15) is 0 Å². The van der Waals surface area contributed by atoms with Crippen LogP contribution >= 0.6 is 10.7 Å².